The van der Waals surface area contributed by atoms with Gasteiger partial charge in [-0.15, -0.1) is 0 Å². The van der Waals surface area contributed by atoms with Gasteiger partial charge in [-0.2, -0.15) is 0 Å². The summed E-state index contributed by atoms with van der Waals surface area (Å²) in [5.74, 6) is 0.660. The van der Waals surface area contributed by atoms with Crippen LogP contribution in [0.4, 0.5) is 4.79 Å². The average Bonchev–Trinajstić information content (AvgIpc) is 3.37. The molecule has 32 heavy (non-hydrogen) atoms. The smallest absolute Gasteiger partial charge is 0.409 e. The van der Waals surface area contributed by atoms with E-state index in [4.69, 9.17) is 19.1 Å². The molecule has 8 nitrogen and oxygen atoms in total. The Hall–Kier alpha value is -3.03. The number of aliphatic carboxylic acids is 1. The Labute approximate surface area is 188 Å². The molecule has 1 aliphatic rings. The Morgan fingerprint density at radius 2 is 1.97 bits per heavy atom. The minimum atomic E-state index is -0.758. The molecule has 1 saturated carbocycles. The van der Waals surface area contributed by atoms with Crippen LogP contribution >= 0.6 is 0 Å². The summed E-state index contributed by atoms with van der Waals surface area (Å²) in [5.41, 5.74) is 2.19. The number of aromatic nitrogens is 1. The second-order valence-electron chi connectivity index (χ2n) is 8.85. The van der Waals surface area contributed by atoms with Crippen LogP contribution in [-0.4, -0.2) is 46.9 Å². The lowest BCUT2D eigenvalue weighted by atomic mass is 10.1. The van der Waals surface area contributed by atoms with Crippen LogP contribution < -0.4 is 4.74 Å². The molecule has 0 radical (unpaired) electrons. The molecule has 0 bridgehead atoms. The summed E-state index contributed by atoms with van der Waals surface area (Å²) < 4.78 is 16.9. The quantitative estimate of drug-likeness (QED) is 0.587. The van der Waals surface area contributed by atoms with Crippen LogP contribution in [-0.2, 0) is 16.1 Å². The molecule has 1 N–H and O–H groups in total. The van der Waals surface area contributed by atoms with Gasteiger partial charge in [-0.3, -0.25) is 4.79 Å². The maximum Gasteiger partial charge on any atom is 0.409 e. The molecule has 174 valence electrons. The van der Waals surface area contributed by atoms with E-state index in [-0.39, 0.29) is 24.7 Å². The number of nitrogens with zero attached hydrogens (tertiary/aromatic N) is 2. The Bertz CT molecular complexity index is 921. The number of amides is 1. The first-order valence-corrected chi connectivity index (χ1v) is 11.1. The highest BCUT2D eigenvalue weighted by atomic mass is 16.6. The van der Waals surface area contributed by atoms with E-state index >= 15 is 0 Å². The van der Waals surface area contributed by atoms with Gasteiger partial charge in [-0.05, 0) is 62.8 Å². The van der Waals surface area contributed by atoms with Crippen molar-refractivity contribution >= 4 is 12.1 Å². The lowest BCUT2D eigenvalue weighted by Gasteiger charge is -2.18. The maximum absolute atomic E-state index is 12.3. The normalized spacial score (nSPS) is 18.0. The van der Waals surface area contributed by atoms with E-state index in [2.05, 4.69) is 19.0 Å². The van der Waals surface area contributed by atoms with Gasteiger partial charge in [0.25, 0.3) is 0 Å². The molecule has 1 aliphatic carbocycles. The summed E-state index contributed by atoms with van der Waals surface area (Å²) >= 11 is 0. The molecule has 1 heterocycles. The van der Waals surface area contributed by atoms with E-state index in [9.17, 15) is 9.59 Å². The molecule has 3 rings (SSSR count). The van der Waals surface area contributed by atoms with Crippen molar-refractivity contribution in [3.05, 3.63) is 35.5 Å². The molecule has 1 fully saturated rings. The highest BCUT2D eigenvalue weighted by Gasteiger charge is 2.31. The average molecular weight is 445 g/mol. The van der Waals surface area contributed by atoms with Crippen molar-refractivity contribution in [1.29, 1.82) is 0 Å². The molecule has 1 aromatic heterocycles. The standard InChI is InChI=1S/C24H32N2O6/c1-15(2)11-12-26(4)24(29)30-14-21-16(3)25-32-22(21)17-5-8-19(9-6-17)31-20-10-7-18(13-20)23(27)28/h5-6,8-9,15,18,20H,7,10-14H2,1-4H3,(H,27,28)/t18-,20-/m0/s1. The van der Waals surface area contributed by atoms with Crippen LogP contribution in [0.5, 0.6) is 5.75 Å². The van der Waals surface area contributed by atoms with Gasteiger partial charge in [-0.25, -0.2) is 4.79 Å². The molecule has 0 unspecified atom stereocenters. The van der Waals surface area contributed by atoms with Crippen LogP contribution in [0.2, 0.25) is 0 Å². The van der Waals surface area contributed by atoms with E-state index < -0.39 is 5.97 Å². The maximum atomic E-state index is 12.3. The summed E-state index contributed by atoms with van der Waals surface area (Å²) in [6, 6.07) is 7.38. The van der Waals surface area contributed by atoms with Gasteiger partial charge in [0.1, 0.15) is 12.4 Å². The highest BCUT2D eigenvalue weighted by Crippen LogP contribution is 2.32. The van der Waals surface area contributed by atoms with Crippen molar-refractivity contribution in [1.82, 2.24) is 10.1 Å². The zero-order valence-corrected chi connectivity index (χ0v) is 19.2. The van der Waals surface area contributed by atoms with Crippen LogP contribution in [0, 0.1) is 18.8 Å². The van der Waals surface area contributed by atoms with Crippen molar-refractivity contribution in [3.8, 4) is 17.1 Å². The Morgan fingerprint density at radius 1 is 1.25 bits per heavy atom. The lowest BCUT2D eigenvalue weighted by Crippen LogP contribution is -2.29. The Balaban J connectivity index is 1.60. The fraction of sp³-hybridized carbons (Fsp3) is 0.542. The summed E-state index contributed by atoms with van der Waals surface area (Å²) in [6.45, 7) is 6.76. The summed E-state index contributed by atoms with van der Waals surface area (Å²) in [4.78, 5) is 25.0. The number of carboxylic acids is 1. The minimum absolute atomic E-state index is 0.0758. The van der Waals surface area contributed by atoms with Crippen LogP contribution in [0.3, 0.4) is 0 Å². The van der Waals surface area contributed by atoms with E-state index in [1.54, 1.807) is 11.9 Å². The van der Waals surface area contributed by atoms with Crippen molar-refractivity contribution in [2.45, 2.75) is 59.2 Å². The largest absolute Gasteiger partial charge is 0.490 e. The lowest BCUT2D eigenvalue weighted by molar-refractivity contribution is -0.141. The number of hydrogen-bond donors (Lipinski definition) is 1. The van der Waals surface area contributed by atoms with Crippen molar-refractivity contribution in [2.24, 2.45) is 11.8 Å². The van der Waals surface area contributed by atoms with E-state index in [1.807, 2.05) is 31.2 Å². The molecular formula is C24H32N2O6. The van der Waals surface area contributed by atoms with Gasteiger partial charge in [0.15, 0.2) is 5.76 Å². The van der Waals surface area contributed by atoms with Crippen molar-refractivity contribution in [2.75, 3.05) is 13.6 Å². The van der Waals surface area contributed by atoms with Gasteiger partial charge in [0.2, 0.25) is 0 Å². The van der Waals surface area contributed by atoms with Gasteiger partial charge in [0, 0.05) is 19.2 Å². The molecule has 1 amide bonds. The molecular weight excluding hydrogens is 412 g/mol. The van der Waals surface area contributed by atoms with E-state index in [1.165, 1.54) is 0 Å². The first-order valence-electron chi connectivity index (χ1n) is 11.1. The first-order chi connectivity index (χ1) is 15.2. The van der Waals surface area contributed by atoms with E-state index in [0.717, 1.165) is 24.0 Å². The first kappa shape index (κ1) is 23.6. The van der Waals surface area contributed by atoms with Crippen LogP contribution in [0.1, 0.15) is 50.8 Å². The number of carbonyl (C=O) groups excluding carboxylic acids is 1. The number of hydrogen-bond acceptors (Lipinski definition) is 6. The van der Waals surface area contributed by atoms with E-state index in [0.29, 0.717) is 42.5 Å². The van der Waals surface area contributed by atoms with Crippen LogP contribution in [0.15, 0.2) is 28.8 Å². The van der Waals surface area contributed by atoms with Gasteiger partial charge in [-0.1, -0.05) is 19.0 Å². The molecule has 2 atom stereocenters. The third-order valence-corrected chi connectivity index (χ3v) is 5.83. The summed E-state index contributed by atoms with van der Waals surface area (Å²) in [6.07, 6.45) is 2.36. The topological polar surface area (TPSA) is 102 Å². The van der Waals surface area contributed by atoms with Gasteiger partial charge >= 0.3 is 12.1 Å². The third-order valence-electron chi connectivity index (χ3n) is 5.83. The number of ether oxygens (including phenoxy) is 2. The third kappa shape index (κ3) is 6.02. The Morgan fingerprint density at radius 3 is 2.59 bits per heavy atom. The zero-order chi connectivity index (χ0) is 23.3. The predicted molar refractivity (Wildman–Crippen MR) is 118 cm³/mol. The fourth-order valence-corrected chi connectivity index (χ4v) is 3.72. The minimum Gasteiger partial charge on any atom is -0.490 e. The van der Waals surface area contributed by atoms with Gasteiger partial charge in [0.05, 0.1) is 23.3 Å². The molecule has 0 spiro atoms. The van der Waals surface area contributed by atoms with Crippen molar-refractivity contribution in [3.63, 3.8) is 0 Å². The Kier molecular flexibility index (Phi) is 7.77. The molecule has 0 aliphatic heterocycles. The number of rotatable bonds is 9. The van der Waals surface area contributed by atoms with Gasteiger partial charge < -0.3 is 24.0 Å². The molecule has 2 aromatic rings. The predicted octanol–water partition coefficient (Wildman–Crippen LogP) is 4.90. The SMILES string of the molecule is Cc1noc(-c2ccc(O[C@H]3CC[C@H](C(=O)O)C3)cc2)c1COC(=O)N(C)CCC(C)C. The molecule has 1 aromatic carbocycles. The number of aryl methyl sites for hydroxylation is 1. The molecule has 0 saturated heterocycles. The second kappa shape index (κ2) is 10.5. The highest BCUT2D eigenvalue weighted by molar-refractivity contribution is 5.70. The summed E-state index contributed by atoms with van der Waals surface area (Å²) in [5, 5.41) is 13.2. The monoisotopic (exact) mass is 444 g/mol. The number of carboxylic acid groups (broad SMARTS) is 1. The van der Waals surface area contributed by atoms with Crippen molar-refractivity contribution < 1.29 is 28.7 Å². The second-order valence-corrected chi connectivity index (χ2v) is 8.85. The number of carbonyl (C=O) groups is 2. The molecule has 8 heteroatoms. The fourth-order valence-electron chi connectivity index (χ4n) is 3.72. The zero-order valence-electron chi connectivity index (χ0n) is 19.2. The summed E-state index contributed by atoms with van der Waals surface area (Å²) in [7, 11) is 1.73. The number of benzene rings is 1. The van der Waals surface area contributed by atoms with Crippen LogP contribution in [0.25, 0.3) is 11.3 Å².